The van der Waals surface area contributed by atoms with Crippen LogP contribution in [-0.4, -0.2) is 50.9 Å². The minimum atomic E-state index is -1.83. The SMILES string of the molecule is C[C@H]1C[C@@H]2[C@H]3CC[C@H]4CC(=O)CC[C@]4(C)[C@]3(F)[C@H](O)C[C@@]2(C)[C@]1(O)C(=O)CO. The topological polar surface area (TPSA) is 94.8 Å². The predicted molar refractivity (Wildman–Crippen MR) is 100 cm³/mol. The molecule has 4 aliphatic carbocycles. The standard InChI is InChI=1S/C22H33FO5/c1-12-8-16-15-5-4-13-9-14(25)6-7-19(13,2)21(15,23)17(26)10-20(16,3)22(12,28)18(27)11-24/h12-13,15-17,24,26,28H,4-11H2,1-3H3/t12-,13-,15+,16+,17+,19-,20+,21+,22+/m0/s1. The van der Waals surface area contributed by atoms with Gasteiger partial charge in [0, 0.05) is 23.7 Å². The predicted octanol–water partition coefficient (Wildman–Crippen LogP) is 2.20. The Kier molecular flexibility index (Phi) is 4.44. The fraction of sp³-hybridized carbons (Fsp3) is 0.909. The van der Waals surface area contributed by atoms with Crippen LogP contribution in [0.3, 0.4) is 0 Å². The molecular formula is C22H33FO5. The maximum Gasteiger partial charge on any atom is 0.190 e. The van der Waals surface area contributed by atoms with Crippen LogP contribution in [-0.2, 0) is 9.59 Å². The van der Waals surface area contributed by atoms with Crippen LogP contribution in [0.2, 0.25) is 0 Å². The van der Waals surface area contributed by atoms with Crippen LogP contribution < -0.4 is 0 Å². The second-order valence-corrected chi connectivity index (χ2v) is 10.5. The van der Waals surface area contributed by atoms with E-state index in [1.165, 1.54) is 0 Å². The Morgan fingerprint density at radius 1 is 1.21 bits per heavy atom. The van der Waals surface area contributed by atoms with Gasteiger partial charge in [-0.05, 0) is 55.8 Å². The Morgan fingerprint density at radius 3 is 2.54 bits per heavy atom. The number of halogens is 1. The zero-order chi connectivity index (χ0) is 20.7. The largest absolute Gasteiger partial charge is 0.390 e. The van der Waals surface area contributed by atoms with Gasteiger partial charge in [-0.1, -0.05) is 20.8 Å². The molecule has 5 nitrogen and oxygen atoms in total. The number of carbonyl (C=O) groups excluding carboxylic acids is 2. The minimum absolute atomic E-state index is 0.00645. The molecule has 0 aromatic rings. The van der Waals surface area contributed by atoms with Gasteiger partial charge in [0.1, 0.15) is 23.7 Å². The third kappa shape index (κ3) is 2.12. The van der Waals surface area contributed by atoms with Crippen molar-refractivity contribution in [3.63, 3.8) is 0 Å². The second kappa shape index (κ2) is 6.08. The lowest BCUT2D eigenvalue weighted by Gasteiger charge is -2.65. The number of aliphatic hydroxyl groups is 3. The van der Waals surface area contributed by atoms with Crippen molar-refractivity contribution >= 4 is 11.6 Å². The van der Waals surface area contributed by atoms with Gasteiger partial charge in [-0.25, -0.2) is 4.39 Å². The number of hydrogen-bond acceptors (Lipinski definition) is 5. The van der Waals surface area contributed by atoms with Gasteiger partial charge in [-0.3, -0.25) is 9.59 Å². The summed E-state index contributed by atoms with van der Waals surface area (Å²) < 4.78 is 17.0. The minimum Gasteiger partial charge on any atom is -0.390 e. The number of aliphatic hydroxyl groups excluding tert-OH is 2. The lowest BCUT2D eigenvalue weighted by atomic mass is 9.42. The van der Waals surface area contributed by atoms with E-state index in [4.69, 9.17) is 0 Å². The van der Waals surface area contributed by atoms with Crippen molar-refractivity contribution in [1.82, 2.24) is 0 Å². The quantitative estimate of drug-likeness (QED) is 0.665. The Balaban J connectivity index is 1.79. The van der Waals surface area contributed by atoms with E-state index in [1.54, 1.807) is 13.8 Å². The van der Waals surface area contributed by atoms with E-state index in [1.807, 2.05) is 6.92 Å². The highest BCUT2D eigenvalue weighted by molar-refractivity contribution is 5.90. The summed E-state index contributed by atoms with van der Waals surface area (Å²) in [5.74, 6) is -1.63. The van der Waals surface area contributed by atoms with Gasteiger partial charge in [0.25, 0.3) is 0 Å². The van der Waals surface area contributed by atoms with E-state index in [2.05, 4.69) is 0 Å². The maximum absolute atomic E-state index is 17.0. The zero-order valence-electron chi connectivity index (χ0n) is 17.1. The molecule has 0 bridgehead atoms. The summed E-state index contributed by atoms with van der Waals surface area (Å²) in [6.07, 6.45) is 1.66. The fourth-order valence-corrected chi connectivity index (χ4v) is 8.10. The summed E-state index contributed by atoms with van der Waals surface area (Å²) >= 11 is 0. The molecule has 0 aromatic carbocycles. The number of hydrogen-bond donors (Lipinski definition) is 3. The Hall–Kier alpha value is -0.850. The molecule has 0 unspecified atom stereocenters. The van der Waals surface area contributed by atoms with Crippen molar-refractivity contribution in [1.29, 1.82) is 0 Å². The normalized spacial score (nSPS) is 56.0. The van der Waals surface area contributed by atoms with Crippen LogP contribution in [0.1, 0.15) is 65.7 Å². The fourth-order valence-electron chi connectivity index (χ4n) is 8.10. The van der Waals surface area contributed by atoms with E-state index < -0.39 is 52.4 Å². The van der Waals surface area contributed by atoms with Crippen molar-refractivity contribution in [2.24, 2.45) is 34.5 Å². The molecule has 4 aliphatic rings. The summed E-state index contributed by atoms with van der Waals surface area (Å²) in [6.45, 7) is 4.71. The van der Waals surface area contributed by atoms with Crippen LogP contribution in [0, 0.1) is 34.5 Å². The lowest BCUT2D eigenvalue weighted by molar-refractivity contribution is -0.254. The first-order valence-electron chi connectivity index (χ1n) is 10.7. The first kappa shape index (κ1) is 20.4. The molecule has 4 saturated carbocycles. The molecular weight excluding hydrogens is 363 g/mol. The molecule has 4 fully saturated rings. The summed E-state index contributed by atoms with van der Waals surface area (Å²) in [5.41, 5.74) is -5.32. The molecule has 0 aromatic heterocycles. The van der Waals surface area contributed by atoms with E-state index in [0.29, 0.717) is 32.1 Å². The van der Waals surface area contributed by atoms with Crippen molar-refractivity contribution < 1.29 is 29.3 Å². The maximum atomic E-state index is 17.0. The molecule has 6 heteroatoms. The number of carbonyl (C=O) groups is 2. The van der Waals surface area contributed by atoms with Crippen molar-refractivity contribution in [3.05, 3.63) is 0 Å². The molecule has 0 saturated heterocycles. The monoisotopic (exact) mass is 396 g/mol. The number of rotatable bonds is 2. The van der Waals surface area contributed by atoms with Crippen LogP contribution in [0.4, 0.5) is 4.39 Å². The highest BCUT2D eigenvalue weighted by atomic mass is 19.1. The summed E-state index contributed by atoms with van der Waals surface area (Å²) in [7, 11) is 0. The first-order chi connectivity index (χ1) is 13.0. The molecule has 0 aliphatic heterocycles. The molecule has 0 amide bonds. The molecule has 158 valence electrons. The van der Waals surface area contributed by atoms with Gasteiger partial charge >= 0.3 is 0 Å². The van der Waals surface area contributed by atoms with Gasteiger partial charge in [0.2, 0.25) is 0 Å². The third-order valence-electron chi connectivity index (χ3n) is 9.71. The van der Waals surface area contributed by atoms with Gasteiger partial charge in [0.05, 0.1) is 6.10 Å². The average Bonchev–Trinajstić information content (AvgIpc) is 2.84. The molecule has 0 spiro atoms. The second-order valence-electron chi connectivity index (χ2n) is 10.5. The highest BCUT2D eigenvalue weighted by Gasteiger charge is 2.76. The summed E-state index contributed by atoms with van der Waals surface area (Å²) in [5, 5.41) is 32.1. The van der Waals surface area contributed by atoms with Crippen molar-refractivity contribution in [2.45, 2.75) is 83.1 Å². The lowest BCUT2D eigenvalue weighted by Crippen LogP contribution is -2.71. The van der Waals surface area contributed by atoms with Crippen LogP contribution in [0.5, 0.6) is 0 Å². The molecule has 4 rings (SSSR count). The highest BCUT2D eigenvalue weighted by Crippen LogP contribution is 2.71. The van der Waals surface area contributed by atoms with Crippen LogP contribution >= 0.6 is 0 Å². The smallest absolute Gasteiger partial charge is 0.190 e. The van der Waals surface area contributed by atoms with Crippen molar-refractivity contribution in [3.8, 4) is 0 Å². The Bertz CT molecular complexity index is 711. The van der Waals surface area contributed by atoms with E-state index in [0.717, 1.165) is 6.42 Å². The summed E-state index contributed by atoms with van der Waals surface area (Å²) in [4.78, 5) is 24.6. The van der Waals surface area contributed by atoms with Gasteiger partial charge < -0.3 is 15.3 Å². The van der Waals surface area contributed by atoms with Crippen LogP contribution in [0.15, 0.2) is 0 Å². The van der Waals surface area contributed by atoms with Gasteiger partial charge in [0.15, 0.2) is 5.78 Å². The number of Topliss-reactive ketones (excluding diaryl/α,β-unsaturated/α-hetero) is 2. The average molecular weight is 396 g/mol. The molecule has 28 heavy (non-hydrogen) atoms. The molecule has 3 N–H and O–H groups in total. The summed E-state index contributed by atoms with van der Waals surface area (Å²) in [6, 6.07) is 0. The van der Waals surface area contributed by atoms with E-state index in [9.17, 15) is 24.9 Å². The van der Waals surface area contributed by atoms with Crippen molar-refractivity contribution in [2.75, 3.05) is 6.61 Å². The molecule has 0 radical (unpaired) electrons. The number of alkyl halides is 1. The molecule has 0 heterocycles. The van der Waals surface area contributed by atoms with Crippen LogP contribution in [0.25, 0.3) is 0 Å². The third-order valence-corrected chi connectivity index (χ3v) is 9.71. The number of fused-ring (bicyclic) bond motifs is 5. The Labute approximate surface area is 165 Å². The van der Waals surface area contributed by atoms with E-state index >= 15 is 4.39 Å². The first-order valence-corrected chi connectivity index (χ1v) is 10.7. The van der Waals surface area contributed by atoms with E-state index in [-0.39, 0.29) is 24.0 Å². The van der Waals surface area contributed by atoms with Gasteiger partial charge in [-0.15, -0.1) is 0 Å². The zero-order valence-corrected chi connectivity index (χ0v) is 17.1. The number of ketones is 2. The molecule has 9 atom stereocenters. The Morgan fingerprint density at radius 2 is 1.89 bits per heavy atom. The van der Waals surface area contributed by atoms with Gasteiger partial charge in [-0.2, -0.15) is 0 Å².